The third-order valence-electron chi connectivity index (χ3n) is 6.88. The molecule has 0 heterocycles. The highest BCUT2D eigenvalue weighted by molar-refractivity contribution is 5.71. The lowest BCUT2D eigenvalue weighted by Crippen LogP contribution is -2.38. The van der Waals surface area contributed by atoms with Crippen LogP contribution in [0.3, 0.4) is 0 Å². The smallest absolute Gasteiger partial charge is 0.306 e. The number of rotatable bonds is 18. The Kier molecular flexibility index (Phi) is 14.6. The van der Waals surface area contributed by atoms with Crippen molar-refractivity contribution in [1.82, 2.24) is 0 Å². The predicted molar refractivity (Wildman–Crippen MR) is 164 cm³/mol. The van der Waals surface area contributed by atoms with E-state index in [1.54, 1.807) is 41.5 Å². The number of nitrogens with zero attached hydrogens (tertiary/aromatic N) is 4. The van der Waals surface area contributed by atoms with Crippen molar-refractivity contribution in [3.8, 4) is 12.1 Å². The zero-order chi connectivity index (χ0) is 34.9. The number of aliphatic carboxylic acids is 2. The van der Waals surface area contributed by atoms with Gasteiger partial charge in [-0.2, -0.15) is 20.8 Å². The molecular formula is C32H56N4O8. The molecular weight excluding hydrogens is 568 g/mol. The first kappa shape index (κ1) is 41.4. The average Bonchev–Trinajstić information content (AvgIpc) is 2.85. The minimum Gasteiger partial charge on any atom is -0.481 e. The van der Waals surface area contributed by atoms with Crippen LogP contribution in [0.5, 0.6) is 0 Å². The van der Waals surface area contributed by atoms with Crippen molar-refractivity contribution in [2.75, 3.05) is 0 Å². The Balaban J connectivity index is 5.93. The van der Waals surface area contributed by atoms with Crippen molar-refractivity contribution in [2.45, 2.75) is 156 Å². The Morgan fingerprint density at radius 1 is 0.591 bits per heavy atom. The molecule has 252 valence electrons. The van der Waals surface area contributed by atoms with E-state index in [0.29, 0.717) is 12.8 Å². The molecule has 0 aromatic carbocycles. The quantitative estimate of drug-likeness (QED) is 0.0891. The summed E-state index contributed by atoms with van der Waals surface area (Å²) in [7, 11) is 0. The van der Waals surface area contributed by atoms with E-state index in [-0.39, 0.29) is 12.8 Å². The number of hydrogen-bond donors (Lipinski definition) is 2. The van der Waals surface area contributed by atoms with Crippen molar-refractivity contribution in [1.29, 1.82) is 10.5 Å². The molecule has 0 spiro atoms. The molecule has 0 rings (SSSR count). The van der Waals surface area contributed by atoms with Gasteiger partial charge in [0.15, 0.2) is 11.1 Å². The van der Waals surface area contributed by atoms with Gasteiger partial charge in [-0.05, 0) is 108 Å². The van der Waals surface area contributed by atoms with Gasteiger partial charge in [0.25, 0.3) is 0 Å². The molecule has 0 aliphatic carbocycles. The van der Waals surface area contributed by atoms with Crippen LogP contribution in [0.15, 0.2) is 10.2 Å². The van der Waals surface area contributed by atoms with Gasteiger partial charge in [0.05, 0.1) is 46.4 Å². The van der Waals surface area contributed by atoms with Crippen molar-refractivity contribution in [3.63, 3.8) is 0 Å². The summed E-state index contributed by atoms with van der Waals surface area (Å²) in [6.07, 6.45) is 0.264. The van der Waals surface area contributed by atoms with E-state index in [9.17, 15) is 30.3 Å². The normalized spacial score (nSPS) is 18.7. The molecule has 12 heteroatoms. The van der Waals surface area contributed by atoms with Crippen molar-refractivity contribution in [3.05, 3.63) is 0 Å². The maximum Gasteiger partial charge on any atom is 0.306 e. The van der Waals surface area contributed by atoms with Crippen LogP contribution in [0.1, 0.15) is 123 Å². The molecule has 0 aromatic heterocycles. The zero-order valence-electron chi connectivity index (χ0n) is 29.3. The highest BCUT2D eigenvalue weighted by Gasteiger charge is 2.41. The Morgan fingerprint density at radius 3 is 1.07 bits per heavy atom. The molecule has 6 unspecified atom stereocenters. The number of hydrogen-bond acceptors (Lipinski definition) is 10. The van der Waals surface area contributed by atoms with Gasteiger partial charge in [-0.25, -0.2) is 19.6 Å². The number of nitriles is 2. The van der Waals surface area contributed by atoms with Gasteiger partial charge < -0.3 is 10.2 Å². The highest BCUT2D eigenvalue weighted by atomic mass is 17.2. The average molecular weight is 625 g/mol. The third-order valence-corrected chi connectivity index (χ3v) is 6.88. The first-order valence-electron chi connectivity index (χ1n) is 15.0. The Bertz CT molecular complexity index is 996. The second kappa shape index (κ2) is 15.6. The van der Waals surface area contributed by atoms with Crippen molar-refractivity contribution in [2.24, 2.45) is 33.9 Å². The molecule has 0 radical (unpaired) electrons. The molecule has 44 heavy (non-hydrogen) atoms. The fourth-order valence-electron chi connectivity index (χ4n) is 4.74. The van der Waals surface area contributed by atoms with Crippen molar-refractivity contribution >= 4 is 11.9 Å². The van der Waals surface area contributed by atoms with Crippen LogP contribution < -0.4 is 0 Å². The van der Waals surface area contributed by atoms with Crippen LogP contribution in [0.25, 0.3) is 0 Å². The van der Waals surface area contributed by atoms with Crippen LogP contribution in [-0.4, -0.2) is 55.6 Å². The minimum absolute atomic E-state index is 0.181. The zero-order valence-corrected chi connectivity index (χ0v) is 29.3. The summed E-state index contributed by atoms with van der Waals surface area (Å²) in [6.45, 7) is 24.6. The lowest BCUT2D eigenvalue weighted by molar-refractivity contribution is -0.399. The van der Waals surface area contributed by atoms with Crippen LogP contribution >= 0.6 is 0 Å². The maximum absolute atomic E-state index is 12.3. The van der Waals surface area contributed by atoms with Crippen LogP contribution in [0, 0.1) is 46.3 Å². The van der Waals surface area contributed by atoms with Gasteiger partial charge in [0, 0.05) is 12.8 Å². The molecule has 12 nitrogen and oxygen atoms in total. The topological polar surface area (TPSA) is 184 Å². The molecule has 0 aliphatic heterocycles. The standard InChI is InChI=1S/C32H56N4O8/c1-21(15-29(9,10)43-41-27(3,4)5)23(25(37)38)17-31(13,19-33)35-36-32(14,20-34)18-24(26(39)40)22(2)16-30(11,12)44-42-28(6,7)8/h21-24H,15-18H2,1-14H3,(H,37,38)(H,39,40). The summed E-state index contributed by atoms with van der Waals surface area (Å²) in [5.41, 5.74) is -5.92. The summed E-state index contributed by atoms with van der Waals surface area (Å²) in [6, 6.07) is 4.09. The number of carbonyl (C=O) groups is 2. The van der Waals surface area contributed by atoms with E-state index in [4.69, 9.17) is 19.6 Å². The fourth-order valence-corrected chi connectivity index (χ4v) is 4.74. The fraction of sp³-hybridized carbons (Fsp3) is 0.875. The largest absolute Gasteiger partial charge is 0.481 e. The molecule has 0 saturated heterocycles. The van der Waals surface area contributed by atoms with E-state index < -0.39 is 69.1 Å². The van der Waals surface area contributed by atoms with Crippen LogP contribution in [-0.2, 0) is 29.1 Å². The van der Waals surface area contributed by atoms with E-state index in [0.717, 1.165) is 0 Å². The van der Waals surface area contributed by atoms with Crippen molar-refractivity contribution < 1.29 is 39.4 Å². The molecule has 0 fully saturated rings. The van der Waals surface area contributed by atoms with Gasteiger partial charge in [0.2, 0.25) is 0 Å². The summed E-state index contributed by atoms with van der Waals surface area (Å²) in [4.78, 5) is 46.7. The molecule has 0 aliphatic rings. The monoisotopic (exact) mass is 624 g/mol. The molecule has 0 amide bonds. The summed E-state index contributed by atoms with van der Waals surface area (Å²) in [5, 5.41) is 48.5. The lowest BCUT2D eigenvalue weighted by Gasteiger charge is -2.34. The van der Waals surface area contributed by atoms with Gasteiger partial charge in [-0.15, -0.1) is 0 Å². The van der Waals surface area contributed by atoms with E-state index in [2.05, 4.69) is 10.2 Å². The number of azo groups is 1. The molecule has 0 aromatic rings. The number of carboxylic acid groups (broad SMARTS) is 2. The minimum atomic E-state index is -1.59. The summed E-state index contributed by atoms with van der Waals surface area (Å²) in [5.74, 6) is -5.08. The van der Waals surface area contributed by atoms with Gasteiger partial charge in [-0.3, -0.25) is 9.59 Å². The van der Waals surface area contributed by atoms with Gasteiger partial charge >= 0.3 is 11.9 Å². The predicted octanol–water partition coefficient (Wildman–Crippen LogP) is 7.29. The van der Waals surface area contributed by atoms with Crippen LogP contribution in [0.2, 0.25) is 0 Å². The summed E-state index contributed by atoms with van der Waals surface area (Å²) < 4.78 is 0. The molecule has 0 bridgehead atoms. The Morgan fingerprint density at radius 2 is 0.864 bits per heavy atom. The highest BCUT2D eigenvalue weighted by Crippen LogP contribution is 2.36. The molecule has 2 N–H and O–H groups in total. The second-order valence-electron chi connectivity index (χ2n) is 15.7. The van der Waals surface area contributed by atoms with E-state index in [1.165, 1.54) is 13.8 Å². The van der Waals surface area contributed by atoms with E-state index in [1.807, 2.05) is 53.7 Å². The lowest BCUT2D eigenvalue weighted by atomic mass is 9.78. The summed E-state index contributed by atoms with van der Waals surface area (Å²) >= 11 is 0. The van der Waals surface area contributed by atoms with E-state index >= 15 is 0 Å². The number of carboxylic acids is 2. The molecule has 6 atom stereocenters. The Hall–Kier alpha value is -2.64. The SMILES string of the molecule is CC(CC(C)(C)OOC(C)(C)C)C(CC(C)(C#N)N=NC(C)(C#N)CC(C(=O)O)C(C)CC(C)(C)OOC(C)(C)C)C(=O)O. The second-order valence-corrected chi connectivity index (χ2v) is 15.7. The van der Waals surface area contributed by atoms with Gasteiger partial charge in [-0.1, -0.05) is 13.8 Å². The van der Waals surface area contributed by atoms with Gasteiger partial charge in [0.1, 0.15) is 0 Å². The first-order valence-corrected chi connectivity index (χ1v) is 15.0. The molecule has 0 saturated carbocycles. The third kappa shape index (κ3) is 15.9. The first-order chi connectivity index (χ1) is 19.6. The van der Waals surface area contributed by atoms with Crippen LogP contribution in [0.4, 0.5) is 0 Å². The Labute approximate surface area is 264 Å². The maximum atomic E-state index is 12.3.